The molecule has 1 amide bonds. The van der Waals surface area contributed by atoms with Crippen molar-refractivity contribution in [2.45, 2.75) is 45.7 Å². The summed E-state index contributed by atoms with van der Waals surface area (Å²) in [6.45, 7) is 5.44. The smallest absolute Gasteiger partial charge is 0.253 e. The van der Waals surface area contributed by atoms with E-state index < -0.39 is 0 Å². The molecule has 2 N–H and O–H groups in total. The van der Waals surface area contributed by atoms with Crippen molar-refractivity contribution in [2.75, 3.05) is 21.1 Å². The first-order chi connectivity index (χ1) is 13.5. The number of carbonyl (C=O) groups is 1. The zero-order valence-electron chi connectivity index (χ0n) is 17.9. The third-order valence-corrected chi connectivity index (χ3v) is 4.70. The van der Waals surface area contributed by atoms with Crippen LogP contribution in [0.15, 0.2) is 39.8 Å². The van der Waals surface area contributed by atoms with Crippen LogP contribution in [-0.4, -0.2) is 43.1 Å². The number of nitrogens with one attached hydrogen (secondary N) is 2. The van der Waals surface area contributed by atoms with Crippen LogP contribution >= 0.6 is 24.0 Å². The Morgan fingerprint density at radius 3 is 2.31 bits per heavy atom. The summed E-state index contributed by atoms with van der Waals surface area (Å²) in [6.07, 6.45) is 2.11. The molecule has 1 aromatic carbocycles. The molecule has 1 aromatic heterocycles. The molecule has 0 bridgehead atoms. The second-order valence-electron chi connectivity index (χ2n) is 6.91. The van der Waals surface area contributed by atoms with E-state index in [9.17, 15) is 4.79 Å². The van der Waals surface area contributed by atoms with Gasteiger partial charge in [0.05, 0.1) is 12.2 Å². The first kappa shape index (κ1) is 24.9. The predicted octanol–water partition coefficient (Wildman–Crippen LogP) is 3.76. The molecular formula is C21H32IN5O2. The molecule has 0 radical (unpaired) electrons. The SMILES string of the molecule is CCC(CC)c1cc(CNC(=NC)NCc2ccc(C(=O)N(C)C)cc2)on1.I. The summed E-state index contributed by atoms with van der Waals surface area (Å²) in [6, 6.07) is 9.57. The average Bonchev–Trinajstić information content (AvgIpc) is 3.17. The third-order valence-electron chi connectivity index (χ3n) is 4.70. The Hall–Kier alpha value is -2.10. The molecule has 0 aliphatic heterocycles. The number of amides is 1. The highest BCUT2D eigenvalue weighted by molar-refractivity contribution is 14.0. The molecule has 0 fully saturated rings. The van der Waals surface area contributed by atoms with Crippen molar-refractivity contribution in [2.24, 2.45) is 4.99 Å². The van der Waals surface area contributed by atoms with E-state index in [-0.39, 0.29) is 29.9 Å². The van der Waals surface area contributed by atoms with Crippen LogP contribution < -0.4 is 10.6 Å². The van der Waals surface area contributed by atoms with Gasteiger partial charge in [-0.15, -0.1) is 24.0 Å². The number of hydrogen-bond donors (Lipinski definition) is 2. The number of aromatic nitrogens is 1. The molecule has 2 aromatic rings. The molecule has 160 valence electrons. The molecule has 2 rings (SSSR count). The Bertz CT molecular complexity index is 783. The maximum absolute atomic E-state index is 11.9. The van der Waals surface area contributed by atoms with Gasteiger partial charge < -0.3 is 20.1 Å². The summed E-state index contributed by atoms with van der Waals surface area (Å²) < 4.78 is 5.43. The van der Waals surface area contributed by atoms with Crippen LogP contribution in [0.1, 0.15) is 60.0 Å². The number of rotatable bonds is 8. The minimum Gasteiger partial charge on any atom is -0.359 e. The summed E-state index contributed by atoms with van der Waals surface area (Å²) in [7, 11) is 5.22. The van der Waals surface area contributed by atoms with Crippen LogP contribution in [0.5, 0.6) is 0 Å². The largest absolute Gasteiger partial charge is 0.359 e. The summed E-state index contributed by atoms with van der Waals surface area (Å²) in [5, 5.41) is 10.7. The number of halogens is 1. The van der Waals surface area contributed by atoms with Gasteiger partial charge in [-0.3, -0.25) is 9.79 Å². The van der Waals surface area contributed by atoms with Gasteiger partial charge >= 0.3 is 0 Å². The van der Waals surface area contributed by atoms with E-state index in [2.05, 4.69) is 34.6 Å². The van der Waals surface area contributed by atoms with Gasteiger partial charge in [0.1, 0.15) is 0 Å². The Labute approximate surface area is 190 Å². The van der Waals surface area contributed by atoms with E-state index in [1.807, 2.05) is 30.3 Å². The van der Waals surface area contributed by atoms with Crippen molar-refractivity contribution in [3.63, 3.8) is 0 Å². The number of benzene rings is 1. The second kappa shape index (κ2) is 12.5. The lowest BCUT2D eigenvalue weighted by Gasteiger charge is -2.12. The second-order valence-corrected chi connectivity index (χ2v) is 6.91. The number of aliphatic imine (C=N–C) groups is 1. The molecule has 0 saturated carbocycles. The third kappa shape index (κ3) is 7.34. The standard InChI is InChI=1S/C21H31N5O2.HI/c1-6-16(7-2)19-12-18(28-25-19)14-24-21(22-3)23-13-15-8-10-17(11-9-15)20(27)26(4)5;/h8-12,16H,6-7,13-14H2,1-5H3,(H2,22,23,24);1H. The van der Waals surface area contributed by atoms with Gasteiger partial charge in [-0.25, -0.2) is 0 Å². The van der Waals surface area contributed by atoms with E-state index in [4.69, 9.17) is 4.52 Å². The van der Waals surface area contributed by atoms with Gasteiger partial charge in [-0.2, -0.15) is 0 Å². The number of carbonyl (C=O) groups excluding carboxylic acids is 1. The highest BCUT2D eigenvalue weighted by Gasteiger charge is 2.13. The van der Waals surface area contributed by atoms with E-state index >= 15 is 0 Å². The van der Waals surface area contributed by atoms with Crippen molar-refractivity contribution < 1.29 is 9.32 Å². The van der Waals surface area contributed by atoms with Crippen LogP contribution in [0.3, 0.4) is 0 Å². The topological polar surface area (TPSA) is 82.8 Å². The van der Waals surface area contributed by atoms with Gasteiger partial charge in [-0.05, 0) is 30.5 Å². The molecule has 7 nitrogen and oxygen atoms in total. The van der Waals surface area contributed by atoms with Crippen molar-refractivity contribution in [3.05, 3.63) is 52.9 Å². The molecule has 1 heterocycles. The van der Waals surface area contributed by atoms with Crippen molar-refractivity contribution >= 4 is 35.8 Å². The summed E-state index contributed by atoms with van der Waals surface area (Å²) in [5.41, 5.74) is 2.75. The first-order valence-electron chi connectivity index (χ1n) is 9.69. The van der Waals surface area contributed by atoms with Gasteiger partial charge in [0.15, 0.2) is 11.7 Å². The summed E-state index contributed by atoms with van der Waals surface area (Å²) in [5.74, 6) is 1.90. The van der Waals surface area contributed by atoms with Crippen LogP contribution in [0.4, 0.5) is 0 Å². The maximum Gasteiger partial charge on any atom is 0.253 e. The Morgan fingerprint density at radius 2 is 1.76 bits per heavy atom. The summed E-state index contributed by atoms with van der Waals surface area (Å²) in [4.78, 5) is 17.7. The van der Waals surface area contributed by atoms with Crippen LogP contribution in [0.2, 0.25) is 0 Å². The van der Waals surface area contributed by atoms with Gasteiger partial charge in [0.25, 0.3) is 5.91 Å². The zero-order valence-corrected chi connectivity index (χ0v) is 20.2. The average molecular weight is 513 g/mol. The fourth-order valence-electron chi connectivity index (χ4n) is 2.91. The zero-order chi connectivity index (χ0) is 20.5. The molecule has 0 spiro atoms. The molecule has 0 saturated heterocycles. The lowest BCUT2D eigenvalue weighted by molar-refractivity contribution is 0.0827. The van der Waals surface area contributed by atoms with E-state index in [1.54, 1.807) is 26.0 Å². The molecule has 0 atom stereocenters. The van der Waals surface area contributed by atoms with Crippen molar-refractivity contribution in [3.8, 4) is 0 Å². The fraction of sp³-hybridized carbons (Fsp3) is 0.476. The van der Waals surface area contributed by atoms with Gasteiger partial charge in [0, 0.05) is 45.2 Å². The maximum atomic E-state index is 11.9. The minimum absolute atomic E-state index is 0. The molecule has 0 aliphatic carbocycles. The predicted molar refractivity (Wildman–Crippen MR) is 127 cm³/mol. The van der Waals surface area contributed by atoms with Gasteiger partial charge in [-0.1, -0.05) is 31.1 Å². The van der Waals surface area contributed by atoms with E-state index in [0.717, 1.165) is 29.9 Å². The number of nitrogens with zero attached hydrogens (tertiary/aromatic N) is 3. The van der Waals surface area contributed by atoms with Crippen molar-refractivity contribution in [1.29, 1.82) is 0 Å². The number of guanidine groups is 1. The first-order valence-corrected chi connectivity index (χ1v) is 9.69. The highest BCUT2D eigenvalue weighted by atomic mass is 127. The lowest BCUT2D eigenvalue weighted by atomic mass is 9.99. The highest BCUT2D eigenvalue weighted by Crippen LogP contribution is 2.22. The van der Waals surface area contributed by atoms with E-state index in [0.29, 0.717) is 30.5 Å². The van der Waals surface area contributed by atoms with Gasteiger partial charge in [0.2, 0.25) is 0 Å². The van der Waals surface area contributed by atoms with Crippen LogP contribution in [0.25, 0.3) is 0 Å². The Kier molecular flexibility index (Phi) is 10.7. The Morgan fingerprint density at radius 1 is 1.14 bits per heavy atom. The minimum atomic E-state index is -0.00297. The number of hydrogen-bond acceptors (Lipinski definition) is 4. The Balaban J connectivity index is 0.00000420. The van der Waals surface area contributed by atoms with Crippen LogP contribution in [-0.2, 0) is 13.1 Å². The summed E-state index contributed by atoms with van der Waals surface area (Å²) >= 11 is 0. The molecular weight excluding hydrogens is 481 g/mol. The van der Waals surface area contributed by atoms with Crippen LogP contribution in [0, 0.1) is 0 Å². The fourth-order valence-corrected chi connectivity index (χ4v) is 2.91. The molecule has 0 unspecified atom stereocenters. The quantitative estimate of drug-likeness (QED) is 0.319. The van der Waals surface area contributed by atoms with Crippen molar-refractivity contribution in [1.82, 2.24) is 20.7 Å². The molecule has 8 heteroatoms. The van der Waals surface area contributed by atoms with E-state index in [1.165, 1.54) is 0 Å². The lowest BCUT2D eigenvalue weighted by Crippen LogP contribution is -2.36. The normalized spacial score (nSPS) is 11.2. The monoisotopic (exact) mass is 513 g/mol. The molecule has 29 heavy (non-hydrogen) atoms. The molecule has 0 aliphatic rings.